The quantitative estimate of drug-likeness (QED) is 0.344. The maximum atomic E-state index is 12.6. The number of rotatable bonds is 2. The Labute approximate surface area is 155 Å². The molecule has 1 aromatic carbocycles. The highest BCUT2D eigenvalue weighted by Gasteiger charge is 2.45. The van der Waals surface area contributed by atoms with Crippen LogP contribution in [0.5, 0.6) is 5.75 Å². The second kappa shape index (κ2) is 6.40. The minimum absolute atomic E-state index is 0.0156. The van der Waals surface area contributed by atoms with E-state index in [2.05, 4.69) is 78.2 Å². The van der Waals surface area contributed by atoms with Gasteiger partial charge in [0.1, 0.15) is 5.75 Å². The summed E-state index contributed by atoms with van der Waals surface area (Å²) in [5.74, 6) is 0.457. The van der Waals surface area contributed by atoms with Gasteiger partial charge >= 0.3 is 5.97 Å². The van der Waals surface area contributed by atoms with Gasteiger partial charge in [-0.25, -0.2) is 0 Å². The van der Waals surface area contributed by atoms with Gasteiger partial charge < -0.3 is 4.74 Å². The standard InChI is InChI=1S/C17H23BrINO2/c1-16(2)9-11(10-17(3,4)20(16)5)15(21)22-14-7-6-12(18)8-13(14)19/h6-8,11H,9-10H2,1-5H3. The number of carbonyl (C=O) groups is 1. The van der Waals surface area contributed by atoms with Crippen molar-refractivity contribution >= 4 is 44.5 Å². The van der Waals surface area contributed by atoms with Crippen LogP contribution in [-0.4, -0.2) is 29.0 Å². The van der Waals surface area contributed by atoms with Crippen LogP contribution in [0.1, 0.15) is 40.5 Å². The highest BCUT2D eigenvalue weighted by Crippen LogP contribution is 2.40. The summed E-state index contributed by atoms with van der Waals surface area (Å²) in [6.07, 6.45) is 1.64. The fourth-order valence-corrected chi connectivity index (χ4v) is 4.70. The molecule has 0 bridgehead atoms. The van der Waals surface area contributed by atoms with E-state index in [1.54, 1.807) is 0 Å². The van der Waals surface area contributed by atoms with Crippen molar-refractivity contribution in [2.75, 3.05) is 7.05 Å². The summed E-state index contributed by atoms with van der Waals surface area (Å²) in [5.41, 5.74) is -0.0311. The van der Waals surface area contributed by atoms with Crippen molar-refractivity contribution in [3.05, 3.63) is 26.2 Å². The molecule has 0 aliphatic carbocycles. The van der Waals surface area contributed by atoms with E-state index in [1.165, 1.54) is 0 Å². The van der Waals surface area contributed by atoms with Crippen LogP contribution >= 0.6 is 38.5 Å². The third kappa shape index (κ3) is 3.85. The van der Waals surface area contributed by atoms with E-state index in [-0.39, 0.29) is 23.0 Å². The Balaban J connectivity index is 2.16. The van der Waals surface area contributed by atoms with Gasteiger partial charge in [-0.15, -0.1) is 0 Å². The van der Waals surface area contributed by atoms with Gasteiger partial charge in [-0.1, -0.05) is 15.9 Å². The van der Waals surface area contributed by atoms with E-state index in [1.807, 2.05) is 18.2 Å². The lowest BCUT2D eigenvalue weighted by molar-refractivity contribution is -0.146. The predicted molar refractivity (Wildman–Crippen MR) is 101 cm³/mol. The van der Waals surface area contributed by atoms with Gasteiger partial charge in [0.25, 0.3) is 0 Å². The average molecular weight is 480 g/mol. The van der Waals surface area contributed by atoms with Gasteiger partial charge in [0, 0.05) is 15.6 Å². The third-order valence-electron chi connectivity index (χ3n) is 4.75. The number of hydrogen-bond donors (Lipinski definition) is 0. The fraction of sp³-hybridized carbons (Fsp3) is 0.588. The fourth-order valence-electron chi connectivity index (χ4n) is 3.29. The highest BCUT2D eigenvalue weighted by molar-refractivity contribution is 14.1. The highest BCUT2D eigenvalue weighted by atomic mass is 127. The molecule has 0 N–H and O–H groups in total. The molecule has 1 aromatic rings. The molecule has 0 spiro atoms. The first-order valence-electron chi connectivity index (χ1n) is 7.44. The maximum absolute atomic E-state index is 12.6. The molecule has 1 heterocycles. The zero-order chi connectivity index (χ0) is 16.7. The first-order chi connectivity index (χ1) is 10.0. The van der Waals surface area contributed by atoms with Crippen molar-refractivity contribution in [2.24, 2.45) is 5.92 Å². The van der Waals surface area contributed by atoms with Gasteiger partial charge in [0.2, 0.25) is 0 Å². The molecule has 1 fully saturated rings. The van der Waals surface area contributed by atoms with Gasteiger partial charge in [-0.3, -0.25) is 9.69 Å². The minimum Gasteiger partial charge on any atom is -0.425 e. The first-order valence-corrected chi connectivity index (χ1v) is 9.31. The van der Waals surface area contributed by atoms with E-state index in [4.69, 9.17) is 4.74 Å². The zero-order valence-corrected chi connectivity index (χ0v) is 17.5. The molecule has 0 aromatic heterocycles. The Morgan fingerprint density at radius 1 is 1.27 bits per heavy atom. The van der Waals surface area contributed by atoms with E-state index in [0.29, 0.717) is 5.75 Å². The molecular formula is C17H23BrINO2. The molecule has 1 aliphatic rings. The number of halogens is 2. The second-order valence-corrected chi connectivity index (χ2v) is 9.36. The molecule has 3 nitrogen and oxygen atoms in total. The first kappa shape index (κ1) is 18.2. The minimum atomic E-state index is -0.116. The summed E-state index contributed by atoms with van der Waals surface area (Å²) in [6, 6.07) is 5.69. The predicted octanol–water partition coefficient (Wildman–Crippen LogP) is 4.86. The molecule has 122 valence electrons. The van der Waals surface area contributed by atoms with E-state index in [9.17, 15) is 4.79 Å². The van der Waals surface area contributed by atoms with Crippen molar-refractivity contribution in [3.8, 4) is 5.75 Å². The molecule has 0 unspecified atom stereocenters. The third-order valence-corrected chi connectivity index (χ3v) is 6.08. The van der Waals surface area contributed by atoms with Gasteiger partial charge in [-0.2, -0.15) is 0 Å². The molecule has 1 aliphatic heterocycles. The summed E-state index contributed by atoms with van der Waals surface area (Å²) in [7, 11) is 2.14. The lowest BCUT2D eigenvalue weighted by Gasteiger charge is -2.53. The molecular weight excluding hydrogens is 457 g/mol. The van der Waals surface area contributed by atoms with Gasteiger partial charge in [-0.05, 0) is 88.4 Å². The van der Waals surface area contributed by atoms with Crippen LogP contribution in [0.4, 0.5) is 0 Å². The van der Waals surface area contributed by atoms with Crippen molar-refractivity contribution < 1.29 is 9.53 Å². The Morgan fingerprint density at radius 2 is 1.82 bits per heavy atom. The summed E-state index contributed by atoms with van der Waals surface area (Å²) in [5, 5.41) is 0. The number of hydrogen-bond acceptors (Lipinski definition) is 3. The zero-order valence-electron chi connectivity index (χ0n) is 13.7. The number of benzene rings is 1. The summed E-state index contributed by atoms with van der Waals surface area (Å²) >= 11 is 5.62. The Morgan fingerprint density at radius 3 is 2.32 bits per heavy atom. The molecule has 2 rings (SSSR count). The Bertz CT molecular complexity index is 568. The molecule has 0 amide bonds. The number of nitrogens with zero attached hydrogens (tertiary/aromatic N) is 1. The summed E-state index contributed by atoms with van der Waals surface area (Å²) in [6.45, 7) is 8.77. The monoisotopic (exact) mass is 479 g/mol. The average Bonchev–Trinajstić information content (AvgIpc) is 2.38. The largest absolute Gasteiger partial charge is 0.425 e. The van der Waals surface area contributed by atoms with Crippen LogP contribution in [-0.2, 0) is 4.79 Å². The Kier molecular flexibility index (Phi) is 5.29. The van der Waals surface area contributed by atoms with Crippen LogP contribution in [0.15, 0.2) is 22.7 Å². The summed E-state index contributed by atoms with van der Waals surface area (Å²) < 4.78 is 7.60. The lowest BCUT2D eigenvalue weighted by Crippen LogP contribution is -2.59. The van der Waals surface area contributed by atoms with Crippen LogP contribution in [0, 0.1) is 9.49 Å². The van der Waals surface area contributed by atoms with Gasteiger partial charge in [0.05, 0.1) is 9.49 Å². The van der Waals surface area contributed by atoms with E-state index >= 15 is 0 Å². The van der Waals surface area contributed by atoms with Crippen molar-refractivity contribution in [1.82, 2.24) is 4.90 Å². The smallest absolute Gasteiger partial charge is 0.314 e. The van der Waals surface area contributed by atoms with Crippen molar-refractivity contribution in [2.45, 2.75) is 51.6 Å². The molecule has 0 saturated carbocycles. The normalized spacial score (nSPS) is 21.6. The van der Waals surface area contributed by atoms with Gasteiger partial charge in [0.15, 0.2) is 0 Å². The topological polar surface area (TPSA) is 29.5 Å². The number of ether oxygens (including phenoxy) is 1. The number of esters is 1. The number of piperidine rings is 1. The van der Waals surface area contributed by atoms with E-state index in [0.717, 1.165) is 20.9 Å². The van der Waals surface area contributed by atoms with Crippen LogP contribution in [0.2, 0.25) is 0 Å². The van der Waals surface area contributed by atoms with Crippen molar-refractivity contribution in [3.63, 3.8) is 0 Å². The number of likely N-dealkylation sites (tertiary alicyclic amines) is 1. The molecule has 0 atom stereocenters. The molecule has 22 heavy (non-hydrogen) atoms. The maximum Gasteiger partial charge on any atom is 0.314 e. The molecule has 1 saturated heterocycles. The summed E-state index contributed by atoms with van der Waals surface area (Å²) in [4.78, 5) is 15.0. The van der Waals surface area contributed by atoms with Crippen LogP contribution in [0.3, 0.4) is 0 Å². The SMILES string of the molecule is CN1C(C)(C)CC(C(=O)Oc2ccc(Br)cc2I)CC1(C)C. The van der Waals surface area contributed by atoms with Crippen LogP contribution in [0.25, 0.3) is 0 Å². The molecule has 0 radical (unpaired) electrons. The van der Waals surface area contributed by atoms with Crippen LogP contribution < -0.4 is 4.74 Å². The Hall–Kier alpha value is -0.140. The number of carbonyl (C=O) groups excluding carboxylic acids is 1. The second-order valence-electron chi connectivity index (χ2n) is 7.28. The molecule has 5 heteroatoms. The van der Waals surface area contributed by atoms with E-state index < -0.39 is 0 Å². The van der Waals surface area contributed by atoms with Crippen molar-refractivity contribution in [1.29, 1.82) is 0 Å². The lowest BCUT2D eigenvalue weighted by atomic mass is 9.74.